The van der Waals surface area contributed by atoms with Crippen LogP contribution in [0, 0.1) is 0 Å². The molecule has 0 saturated carbocycles. The fourth-order valence-electron chi connectivity index (χ4n) is 1.41. The summed E-state index contributed by atoms with van der Waals surface area (Å²) in [5.74, 6) is -0.951. The van der Waals surface area contributed by atoms with E-state index < -0.39 is 5.97 Å². The van der Waals surface area contributed by atoms with Crippen molar-refractivity contribution in [1.29, 1.82) is 0 Å². The van der Waals surface area contributed by atoms with E-state index in [-0.39, 0.29) is 5.57 Å². The summed E-state index contributed by atoms with van der Waals surface area (Å²) in [7, 11) is 0. The van der Waals surface area contributed by atoms with Gasteiger partial charge in [0.25, 0.3) is 0 Å². The van der Waals surface area contributed by atoms with E-state index in [1.54, 1.807) is 24.3 Å². The molecule has 0 saturated heterocycles. The van der Waals surface area contributed by atoms with Crippen LogP contribution in [0.2, 0.25) is 0 Å². The van der Waals surface area contributed by atoms with E-state index in [0.717, 1.165) is 5.56 Å². The summed E-state index contributed by atoms with van der Waals surface area (Å²) < 4.78 is 4.89. The number of hydrogen-bond donors (Lipinski definition) is 1. The van der Waals surface area contributed by atoms with Crippen LogP contribution in [0.4, 0.5) is 0 Å². The molecule has 1 heterocycles. The number of benzene rings is 1. The first-order valence-electron chi connectivity index (χ1n) is 4.80. The quantitative estimate of drug-likeness (QED) is 0.799. The number of carboxylic acids is 1. The molecule has 0 bridgehead atoms. The average Bonchev–Trinajstić information content (AvgIpc) is 2.79. The fourth-order valence-corrected chi connectivity index (χ4v) is 1.41. The highest BCUT2D eigenvalue weighted by Gasteiger charge is 2.09. The van der Waals surface area contributed by atoms with Crippen molar-refractivity contribution < 1.29 is 14.3 Å². The average molecular weight is 214 g/mol. The predicted molar refractivity (Wildman–Crippen MR) is 60.7 cm³/mol. The van der Waals surface area contributed by atoms with Crippen molar-refractivity contribution in [2.45, 2.75) is 0 Å². The van der Waals surface area contributed by atoms with Crippen LogP contribution in [-0.4, -0.2) is 11.1 Å². The van der Waals surface area contributed by atoms with Crippen molar-refractivity contribution in [2.75, 3.05) is 0 Å². The predicted octanol–water partition coefficient (Wildman–Crippen LogP) is 2.90. The van der Waals surface area contributed by atoms with E-state index in [9.17, 15) is 4.79 Å². The molecule has 1 aromatic carbocycles. The van der Waals surface area contributed by atoms with Crippen LogP contribution in [0.25, 0.3) is 11.6 Å². The lowest BCUT2D eigenvalue weighted by Crippen LogP contribution is -1.99. The molecule has 80 valence electrons. The lowest BCUT2D eigenvalue weighted by Gasteiger charge is -2.01. The molecule has 0 radical (unpaired) electrons. The SMILES string of the molecule is O=C(O)/C(=C\c1ccoc1)c1ccccc1. The Balaban J connectivity index is 2.43. The largest absolute Gasteiger partial charge is 0.478 e. The minimum absolute atomic E-state index is 0.252. The molecule has 2 rings (SSSR count). The van der Waals surface area contributed by atoms with E-state index in [1.165, 1.54) is 12.5 Å². The Morgan fingerprint density at radius 1 is 1.19 bits per heavy atom. The smallest absolute Gasteiger partial charge is 0.336 e. The zero-order valence-electron chi connectivity index (χ0n) is 8.46. The van der Waals surface area contributed by atoms with Crippen LogP contribution >= 0.6 is 0 Å². The maximum Gasteiger partial charge on any atom is 0.336 e. The molecule has 1 N–H and O–H groups in total. The Bertz CT molecular complexity index is 495. The maximum absolute atomic E-state index is 11.1. The Hall–Kier alpha value is -2.29. The maximum atomic E-state index is 11.1. The van der Waals surface area contributed by atoms with Gasteiger partial charge in [-0.3, -0.25) is 0 Å². The molecule has 0 aliphatic carbocycles. The molecule has 3 heteroatoms. The first-order valence-corrected chi connectivity index (χ1v) is 4.80. The van der Waals surface area contributed by atoms with Gasteiger partial charge < -0.3 is 9.52 Å². The van der Waals surface area contributed by atoms with Crippen molar-refractivity contribution in [2.24, 2.45) is 0 Å². The number of hydrogen-bond acceptors (Lipinski definition) is 2. The summed E-state index contributed by atoms with van der Waals surface area (Å²) in [6.07, 6.45) is 4.60. The first-order chi connectivity index (χ1) is 7.77. The second-order valence-corrected chi connectivity index (χ2v) is 3.29. The third-order valence-corrected chi connectivity index (χ3v) is 2.17. The summed E-state index contributed by atoms with van der Waals surface area (Å²) in [5.41, 5.74) is 1.67. The van der Waals surface area contributed by atoms with Crippen molar-refractivity contribution in [1.82, 2.24) is 0 Å². The Morgan fingerprint density at radius 2 is 1.94 bits per heavy atom. The third-order valence-electron chi connectivity index (χ3n) is 2.17. The standard InChI is InChI=1S/C13H10O3/c14-13(15)12(8-10-6-7-16-9-10)11-4-2-1-3-5-11/h1-9H,(H,14,15)/b12-8-. The van der Waals surface area contributed by atoms with Crippen LogP contribution < -0.4 is 0 Å². The van der Waals surface area contributed by atoms with Crippen molar-refractivity contribution in [3.63, 3.8) is 0 Å². The zero-order chi connectivity index (χ0) is 11.4. The molecule has 0 fully saturated rings. The van der Waals surface area contributed by atoms with Gasteiger partial charge in [0.15, 0.2) is 0 Å². The van der Waals surface area contributed by atoms with Crippen LogP contribution in [0.5, 0.6) is 0 Å². The van der Waals surface area contributed by atoms with Gasteiger partial charge in [-0.1, -0.05) is 30.3 Å². The van der Waals surface area contributed by atoms with E-state index in [1.807, 2.05) is 18.2 Å². The van der Waals surface area contributed by atoms with Crippen molar-refractivity contribution in [3.8, 4) is 0 Å². The molecule has 1 aromatic heterocycles. The highest BCUT2D eigenvalue weighted by Crippen LogP contribution is 2.18. The van der Waals surface area contributed by atoms with Crippen molar-refractivity contribution >= 4 is 17.6 Å². The molecule has 3 nitrogen and oxygen atoms in total. The number of aliphatic carboxylic acids is 1. The normalized spacial score (nSPS) is 11.4. The molecular weight excluding hydrogens is 204 g/mol. The highest BCUT2D eigenvalue weighted by atomic mass is 16.4. The van der Waals surface area contributed by atoms with Gasteiger partial charge in [0.05, 0.1) is 18.1 Å². The molecule has 0 amide bonds. The second kappa shape index (κ2) is 4.49. The van der Waals surface area contributed by atoms with Gasteiger partial charge >= 0.3 is 5.97 Å². The van der Waals surface area contributed by atoms with Crippen LogP contribution in [0.1, 0.15) is 11.1 Å². The van der Waals surface area contributed by atoms with Crippen LogP contribution in [0.15, 0.2) is 53.3 Å². The minimum Gasteiger partial charge on any atom is -0.478 e. The highest BCUT2D eigenvalue weighted by molar-refractivity contribution is 6.20. The summed E-state index contributed by atoms with van der Waals surface area (Å²) in [6.45, 7) is 0. The number of carbonyl (C=O) groups is 1. The Morgan fingerprint density at radius 3 is 2.50 bits per heavy atom. The topological polar surface area (TPSA) is 50.4 Å². The number of rotatable bonds is 3. The van der Waals surface area contributed by atoms with Gasteiger partial charge in [0.2, 0.25) is 0 Å². The van der Waals surface area contributed by atoms with Crippen LogP contribution in [0.3, 0.4) is 0 Å². The molecule has 0 unspecified atom stereocenters. The minimum atomic E-state index is -0.951. The van der Waals surface area contributed by atoms with Crippen LogP contribution in [-0.2, 0) is 4.79 Å². The second-order valence-electron chi connectivity index (χ2n) is 3.29. The molecule has 0 aliphatic rings. The lowest BCUT2D eigenvalue weighted by atomic mass is 10.0. The zero-order valence-corrected chi connectivity index (χ0v) is 8.46. The van der Waals surface area contributed by atoms with Gasteiger partial charge in [-0.2, -0.15) is 0 Å². The molecular formula is C13H10O3. The van der Waals surface area contributed by atoms with E-state index in [0.29, 0.717) is 5.56 Å². The van der Waals surface area contributed by atoms with Gasteiger partial charge in [-0.15, -0.1) is 0 Å². The molecule has 0 spiro atoms. The third kappa shape index (κ3) is 2.20. The Kier molecular flexibility index (Phi) is 2.87. The summed E-state index contributed by atoms with van der Waals surface area (Å²) >= 11 is 0. The molecule has 0 atom stereocenters. The Labute approximate surface area is 92.6 Å². The number of furan rings is 1. The lowest BCUT2D eigenvalue weighted by molar-refractivity contribution is -0.130. The van der Waals surface area contributed by atoms with E-state index >= 15 is 0 Å². The molecule has 0 aliphatic heterocycles. The summed E-state index contributed by atoms with van der Waals surface area (Å²) in [6, 6.07) is 10.7. The molecule has 16 heavy (non-hydrogen) atoms. The van der Waals surface area contributed by atoms with E-state index in [2.05, 4.69) is 0 Å². The summed E-state index contributed by atoms with van der Waals surface area (Å²) in [4.78, 5) is 11.1. The van der Waals surface area contributed by atoms with Gasteiger partial charge in [-0.25, -0.2) is 4.79 Å². The van der Waals surface area contributed by atoms with E-state index in [4.69, 9.17) is 9.52 Å². The van der Waals surface area contributed by atoms with Gasteiger partial charge in [0.1, 0.15) is 0 Å². The van der Waals surface area contributed by atoms with Gasteiger partial charge in [0, 0.05) is 5.56 Å². The monoisotopic (exact) mass is 214 g/mol. The number of carboxylic acid groups (broad SMARTS) is 1. The molecule has 2 aromatic rings. The van der Waals surface area contributed by atoms with Gasteiger partial charge in [-0.05, 0) is 17.7 Å². The van der Waals surface area contributed by atoms with Crippen molar-refractivity contribution in [3.05, 3.63) is 60.1 Å². The first kappa shape index (κ1) is 10.2. The summed E-state index contributed by atoms with van der Waals surface area (Å²) in [5, 5.41) is 9.13. The fraction of sp³-hybridized carbons (Fsp3) is 0.